The molecule has 1 N–H and O–H groups in total. The first kappa shape index (κ1) is 14.6. The molecule has 6 heteroatoms. The fraction of sp³-hybridized carbons (Fsp3) is 0.0714. The van der Waals surface area contributed by atoms with E-state index < -0.39 is 10.0 Å². The molecule has 4 nitrogen and oxygen atoms in total. The van der Waals surface area contributed by atoms with Gasteiger partial charge in [-0.15, -0.1) is 0 Å². The van der Waals surface area contributed by atoms with E-state index >= 15 is 0 Å². The zero-order valence-corrected chi connectivity index (χ0v) is 12.3. The van der Waals surface area contributed by atoms with Crippen LogP contribution in [-0.2, 0) is 10.0 Å². The van der Waals surface area contributed by atoms with Crippen LogP contribution in [-0.4, -0.2) is 14.6 Å². The predicted molar refractivity (Wildman–Crippen MR) is 80.5 cm³/mol. The molecule has 0 atom stereocenters. The number of benzene rings is 2. The summed E-state index contributed by atoms with van der Waals surface area (Å²) in [6.07, 6.45) is 1.45. The molecule has 0 aliphatic rings. The minimum absolute atomic E-state index is 0.114. The molecule has 0 heterocycles. The Morgan fingerprint density at radius 2 is 1.65 bits per heavy atom. The summed E-state index contributed by atoms with van der Waals surface area (Å²) < 4.78 is 23.8. The van der Waals surface area contributed by atoms with Gasteiger partial charge in [-0.3, -0.25) is 0 Å². The molecule has 104 valence electrons. The van der Waals surface area contributed by atoms with Crippen LogP contribution in [0.3, 0.4) is 0 Å². The highest BCUT2D eigenvalue weighted by Gasteiger charge is 2.11. The average molecular weight is 309 g/mol. The molecule has 0 saturated carbocycles. The Bertz CT molecular complexity index is 708. The SMILES string of the molecule is Cc1ccc(/C=N\NS(=O)(=O)c2ccc(Cl)cc2)cc1. The molecule has 2 rings (SSSR count). The van der Waals surface area contributed by atoms with Crippen LogP contribution in [0.1, 0.15) is 11.1 Å². The first-order valence-electron chi connectivity index (χ1n) is 5.84. The molecule has 2 aromatic carbocycles. The number of rotatable bonds is 4. The molecule has 20 heavy (non-hydrogen) atoms. The van der Waals surface area contributed by atoms with Gasteiger partial charge in [0.1, 0.15) is 0 Å². The van der Waals surface area contributed by atoms with E-state index in [1.54, 1.807) is 0 Å². The molecule has 0 fully saturated rings. The van der Waals surface area contributed by atoms with Gasteiger partial charge in [0, 0.05) is 5.02 Å². The Balaban J connectivity index is 2.09. The van der Waals surface area contributed by atoms with Crippen LogP contribution in [0.5, 0.6) is 0 Å². The minimum atomic E-state index is -3.66. The van der Waals surface area contributed by atoms with E-state index in [0.717, 1.165) is 11.1 Å². The van der Waals surface area contributed by atoms with Crippen molar-refractivity contribution >= 4 is 27.8 Å². The molecule has 0 unspecified atom stereocenters. The van der Waals surface area contributed by atoms with E-state index in [-0.39, 0.29) is 4.90 Å². The van der Waals surface area contributed by atoms with Crippen molar-refractivity contribution in [2.45, 2.75) is 11.8 Å². The molecule has 0 bridgehead atoms. The standard InChI is InChI=1S/C14H13ClN2O2S/c1-11-2-4-12(5-3-11)10-16-17-20(18,19)14-8-6-13(15)7-9-14/h2-10,17H,1H3/b16-10-. The maximum Gasteiger partial charge on any atom is 0.276 e. The maximum absolute atomic E-state index is 11.9. The van der Waals surface area contributed by atoms with E-state index in [2.05, 4.69) is 9.93 Å². The Labute approximate surface area is 123 Å². The number of hydrogen-bond donors (Lipinski definition) is 1. The highest BCUT2D eigenvalue weighted by atomic mass is 35.5. The van der Waals surface area contributed by atoms with E-state index in [4.69, 9.17) is 11.6 Å². The fourth-order valence-corrected chi connectivity index (χ4v) is 2.41. The van der Waals surface area contributed by atoms with Crippen LogP contribution in [0.2, 0.25) is 5.02 Å². The van der Waals surface area contributed by atoms with Crippen molar-refractivity contribution in [2.75, 3.05) is 0 Å². The molecule has 0 spiro atoms. The molecule has 0 radical (unpaired) electrons. The molecule has 0 amide bonds. The molecule has 0 aliphatic carbocycles. The van der Waals surface area contributed by atoms with Crippen LogP contribution in [0, 0.1) is 6.92 Å². The van der Waals surface area contributed by atoms with E-state index in [0.29, 0.717) is 5.02 Å². The zero-order valence-electron chi connectivity index (χ0n) is 10.7. The molecule has 2 aromatic rings. The van der Waals surface area contributed by atoms with Gasteiger partial charge in [-0.1, -0.05) is 41.4 Å². The first-order chi connectivity index (χ1) is 9.47. The van der Waals surface area contributed by atoms with Crippen molar-refractivity contribution < 1.29 is 8.42 Å². The summed E-state index contributed by atoms with van der Waals surface area (Å²) in [5.41, 5.74) is 1.94. The lowest BCUT2D eigenvalue weighted by atomic mass is 10.2. The highest BCUT2D eigenvalue weighted by Crippen LogP contribution is 2.13. The number of aryl methyl sites for hydroxylation is 1. The minimum Gasteiger partial charge on any atom is -0.200 e. The number of hydrazone groups is 1. The second-order valence-electron chi connectivity index (χ2n) is 4.22. The van der Waals surface area contributed by atoms with Gasteiger partial charge in [-0.25, -0.2) is 4.83 Å². The van der Waals surface area contributed by atoms with Gasteiger partial charge in [0.05, 0.1) is 11.1 Å². The van der Waals surface area contributed by atoms with Crippen molar-refractivity contribution in [1.29, 1.82) is 0 Å². The highest BCUT2D eigenvalue weighted by molar-refractivity contribution is 7.89. The second kappa shape index (κ2) is 6.07. The smallest absolute Gasteiger partial charge is 0.200 e. The average Bonchev–Trinajstić information content (AvgIpc) is 2.41. The quantitative estimate of drug-likeness (QED) is 0.697. The summed E-state index contributed by atoms with van der Waals surface area (Å²) in [7, 11) is -3.66. The summed E-state index contributed by atoms with van der Waals surface area (Å²) in [5.74, 6) is 0. The van der Waals surface area contributed by atoms with Gasteiger partial charge in [0.25, 0.3) is 10.0 Å². The predicted octanol–water partition coefficient (Wildman–Crippen LogP) is 2.96. The van der Waals surface area contributed by atoms with Gasteiger partial charge in [0.2, 0.25) is 0 Å². The normalized spacial score (nSPS) is 11.7. The van der Waals surface area contributed by atoms with Crippen molar-refractivity contribution in [3.05, 3.63) is 64.7 Å². The molecule has 0 aromatic heterocycles. The third-order valence-corrected chi connectivity index (χ3v) is 4.08. The number of halogens is 1. The van der Waals surface area contributed by atoms with Crippen molar-refractivity contribution in [2.24, 2.45) is 5.10 Å². The van der Waals surface area contributed by atoms with Gasteiger partial charge in [-0.05, 0) is 36.8 Å². The first-order valence-corrected chi connectivity index (χ1v) is 7.70. The molecule has 0 saturated heterocycles. The van der Waals surface area contributed by atoms with Crippen LogP contribution < -0.4 is 4.83 Å². The molecule has 0 aliphatic heterocycles. The Morgan fingerprint density at radius 1 is 1.05 bits per heavy atom. The number of hydrogen-bond acceptors (Lipinski definition) is 3. The van der Waals surface area contributed by atoms with Gasteiger partial charge >= 0.3 is 0 Å². The lowest BCUT2D eigenvalue weighted by Gasteiger charge is -2.03. The lowest BCUT2D eigenvalue weighted by Crippen LogP contribution is -2.18. The zero-order chi connectivity index (χ0) is 14.6. The number of nitrogens with zero attached hydrogens (tertiary/aromatic N) is 1. The molecular weight excluding hydrogens is 296 g/mol. The molecular formula is C14H13ClN2O2S. The van der Waals surface area contributed by atoms with E-state index in [1.807, 2.05) is 31.2 Å². The monoisotopic (exact) mass is 308 g/mol. The largest absolute Gasteiger partial charge is 0.276 e. The second-order valence-corrected chi connectivity index (χ2v) is 6.31. The lowest BCUT2D eigenvalue weighted by molar-refractivity contribution is 0.584. The number of sulfonamides is 1. The van der Waals surface area contributed by atoms with Gasteiger partial charge in [0.15, 0.2) is 0 Å². The topological polar surface area (TPSA) is 58.5 Å². The summed E-state index contributed by atoms with van der Waals surface area (Å²) in [6, 6.07) is 13.4. The fourth-order valence-electron chi connectivity index (χ4n) is 1.49. The van der Waals surface area contributed by atoms with Crippen molar-refractivity contribution in [3.63, 3.8) is 0 Å². The van der Waals surface area contributed by atoms with Crippen LogP contribution in [0.15, 0.2) is 58.5 Å². The summed E-state index contributed by atoms with van der Waals surface area (Å²) in [5, 5.41) is 4.22. The maximum atomic E-state index is 11.9. The van der Waals surface area contributed by atoms with E-state index in [1.165, 1.54) is 30.5 Å². The van der Waals surface area contributed by atoms with Gasteiger partial charge in [-0.2, -0.15) is 13.5 Å². The number of nitrogens with one attached hydrogen (secondary N) is 1. The summed E-state index contributed by atoms with van der Waals surface area (Å²) in [6.45, 7) is 1.98. The third-order valence-electron chi connectivity index (χ3n) is 2.59. The van der Waals surface area contributed by atoms with Crippen molar-refractivity contribution in [1.82, 2.24) is 4.83 Å². The Morgan fingerprint density at radius 3 is 2.25 bits per heavy atom. The van der Waals surface area contributed by atoms with Crippen LogP contribution in [0.4, 0.5) is 0 Å². The van der Waals surface area contributed by atoms with E-state index in [9.17, 15) is 8.42 Å². The van der Waals surface area contributed by atoms with Gasteiger partial charge < -0.3 is 0 Å². The Kier molecular flexibility index (Phi) is 4.42. The summed E-state index contributed by atoms with van der Waals surface area (Å²) in [4.78, 5) is 2.27. The third kappa shape index (κ3) is 3.82. The van der Waals surface area contributed by atoms with Crippen LogP contribution in [0.25, 0.3) is 0 Å². The van der Waals surface area contributed by atoms with Crippen molar-refractivity contribution in [3.8, 4) is 0 Å². The summed E-state index contributed by atoms with van der Waals surface area (Å²) >= 11 is 5.71. The Hall–Kier alpha value is -1.85. The van der Waals surface area contributed by atoms with Crippen LogP contribution >= 0.6 is 11.6 Å².